The van der Waals surface area contributed by atoms with Crippen molar-refractivity contribution in [2.24, 2.45) is 0 Å². The molecule has 1 fully saturated rings. The van der Waals surface area contributed by atoms with Crippen molar-refractivity contribution in [3.05, 3.63) is 41.9 Å². The molecule has 4 heterocycles. The third-order valence-electron chi connectivity index (χ3n) is 5.64. The van der Waals surface area contributed by atoms with E-state index in [0.717, 1.165) is 34.3 Å². The van der Waals surface area contributed by atoms with E-state index < -0.39 is 5.60 Å². The van der Waals surface area contributed by atoms with Crippen LogP contribution in [0.15, 0.2) is 41.9 Å². The zero-order valence-electron chi connectivity index (χ0n) is 20.8. The number of anilines is 1. The van der Waals surface area contributed by atoms with E-state index in [4.69, 9.17) is 4.74 Å². The van der Waals surface area contributed by atoms with Gasteiger partial charge < -0.3 is 24.8 Å². The van der Waals surface area contributed by atoms with E-state index in [2.05, 4.69) is 63.7 Å². The highest BCUT2D eigenvalue weighted by atomic mass is 32.1. The quantitative estimate of drug-likeness (QED) is 0.645. The van der Waals surface area contributed by atoms with Gasteiger partial charge in [-0.15, -0.1) is 0 Å². The van der Waals surface area contributed by atoms with Gasteiger partial charge in [-0.2, -0.15) is 0 Å². The SMILES string of the molecule is CN(C)CC1=CC(N[C@H]2CCN(C(=O)OC(C)(C)C)C2)N(C)C(Nc2nc3cccnc3s2)=C1. The van der Waals surface area contributed by atoms with E-state index in [1.807, 2.05) is 32.9 Å². The first kappa shape index (κ1) is 24.4. The van der Waals surface area contributed by atoms with Crippen molar-refractivity contribution >= 4 is 32.9 Å². The molecule has 1 unspecified atom stereocenters. The summed E-state index contributed by atoms with van der Waals surface area (Å²) in [6, 6.07) is 4.06. The Morgan fingerprint density at radius 3 is 2.85 bits per heavy atom. The fourth-order valence-corrected chi connectivity index (χ4v) is 4.92. The predicted octanol–water partition coefficient (Wildman–Crippen LogP) is 3.30. The molecule has 10 heteroatoms. The zero-order valence-corrected chi connectivity index (χ0v) is 21.6. The maximum atomic E-state index is 12.5. The minimum absolute atomic E-state index is 0.0152. The second kappa shape index (κ2) is 9.89. The molecule has 0 aromatic carbocycles. The number of rotatable bonds is 6. The molecule has 2 aromatic rings. The summed E-state index contributed by atoms with van der Waals surface area (Å²) in [6.45, 7) is 7.84. The molecule has 184 valence electrons. The first-order valence-electron chi connectivity index (χ1n) is 11.6. The van der Waals surface area contributed by atoms with E-state index in [9.17, 15) is 4.79 Å². The van der Waals surface area contributed by atoms with Crippen molar-refractivity contribution in [3.8, 4) is 0 Å². The molecule has 0 spiro atoms. The van der Waals surface area contributed by atoms with Crippen molar-refractivity contribution in [1.82, 2.24) is 30.0 Å². The maximum absolute atomic E-state index is 12.5. The third-order valence-corrected chi connectivity index (χ3v) is 6.53. The van der Waals surface area contributed by atoms with Crippen molar-refractivity contribution in [1.29, 1.82) is 0 Å². The Kier molecular flexibility index (Phi) is 7.11. The predicted molar refractivity (Wildman–Crippen MR) is 137 cm³/mol. The molecular weight excluding hydrogens is 450 g/mol. The monoisotopic (exact) mass is 485 g/mol. The first-order valence-corrected chi connectivity index (χ1v) is 12.4. The number of hydrogen-bond donors (Lipinski definition) is 2. The van der Waals surface area contributed by atoms with Crippen LogP contribution in [0.1, 0.15) is 27.2 Å². The smallest absolute Gasteiger partial charge is 0.410 e. The van der Waals surface area contributed by atoms with E-state index in [-0.39, 0.29) is 18.3 Å². The topological polar surface area (TPSA) is 85.9 Å². The number of ether oxygens (including phenoxy) is 1. The summed E-state index contributed by atoms with van der Waals surface area (Å²) >= 11 is 1.54. The van der Waals surface area contributed by atoms with Crippen molar-refractivity contribution in [2.45, 2.75) is 45.0 Å². The molecule has 2 N–H and O–H groups in total. The van der Waals surface area contributed by atoms with Crippen LogP contribution in [-0.2, 0) is 4.74 Å². The lowest BCUT2D eigenvalue weighted by atomic mass is 10.1. The maximum Gasteiger partial charge on any atom is 0.410 e. The highest BCUT2D eigenvalue weighted by molar-refractivity contribution is 7.21. The first-order chi connectivity index (χ1) is 16.1. The van der Waals surface area contributed by atoms with Gasteiger partial charge in [0.05, 0.1) is 0 Å². The highest BCUT2D eigenvalue weighted by Crippen LogP contribution is 2.27. The number of nitrogens with one attached hydrogen (secondary N) is 2. The Bertz CT molecular complexity index is 1060. The molecule has 0 bridgehead atoms. The Morgan fingerprint density at radius 2 is 2.15 bits per heavy atom. The van der Waals surface area contributed by atoms with Crippen LogP contribution in [0, 0.1) is 0 Å². The van der Waals surface area contributed by atoms with Gasteiger partial charge in [0, 0.05) is 38.9 Å². The molecule has 0 saturated carbocycles. The number of likely N-dealkylation sites (N-methyl/N-ethyl adjacent to an activating group) is 2. The van der Waals surface area contributed by atoms with Crippen LogP contribution in [0.4, 0.5) is 9.93 Å². The molecular formula is C24H35N7O2S. The number of fused-ring (bicyclic) bond motifs is 1. The number of likely N-dealkylation sites (tertiary alicyclic amines) is 1. The molecule has 2 aliphatic heterocycles. The van der Waals surface area contributed by atoms with Crippen molar-refractivity contribution in [3.63, 3.8) is 0 Å². The molecule has 0 aliphatic carbocycles. The molecule has 1 saturated heterocycles. The van der Waals surface area contributed by atoms with Crippen LogP contribution < -0.4 is 10.6 Å². The van der Waals surface area contributed by atoms with Gasteiger partial charge in [0.25, 0.3) is 0 Å². The average molecular weight is 486 g/mol. The Hall–Kier alpha value is -2.69. The van der Waals surface area contributed by atoms with Crippen LogP contribution in [0.3, 0.4) is 0 Å². The van der Waals surface area contributed by atoms with E-state index in [1.54, 1.807) is 22.4 Å². The summed E-state index contributed by atoms with van der Waals surface area (Å²) in [5.41, 5.74) is 1.61. The molecule has 2 atom stereocenters. The van der Waals surface area contributed by atoms with Crippen molar-refractivity contribution < 1.29 is 9.53 Å². The van der Waals surface area contributed by atoms with Gasteiger partial charge in [0.2, 0.25) is 0 Å². The molecule has 34 heavy (non-hydrogen) atoms. The number of aromatic nitrogens is 2. The average Bonchev–Trinajstić information content (AvgIpc) is 3.36. The van der Waals surface area contributed by atoms with Crippen LogP contribution in [0.25, 0.3) is 10.3 Å². The lowest BCUT2D eigenvalue weighted by Gasteiger charge is -2.36. The van der Waals surface area contributed by atoms with E-state index >= 15 is 0 Å². The Morgan fingerprint density at radius 1 is 1.35 bits per heavy atom. The normalized spacial score (nSPS) is 21.1. The number of pyridine rings is 1. The van der Waals surface area contributed by atoms with Gasteiger partial charge in [-0.1, -0.05) is 11.3 Å². The van der Waals surface area contributed by atoms with Gasteiger partial charge in [0.15, 0.2) is 5.13 Å². The van der Waals surface area contributed by atoms with E-state index in [0.29, 0.717) is 13.1 Å². The standard InChI is InChI=1S/C24H35N7O2S/c1-24(2,3)33-23(32)31-11-9-17(15-31)26-19-12-16(14-29(4)5)13-20(30(19)6)28-22-27-18-8-7-10-25-21(18)34-22/h7-8,10,12-13,17,19,26H,9,11,14-15H2,1-6H3,(H,27,28)/t17-,19?/m0/s1. The summed E-state index contributed by atoms with van der Waals surface area (Å²) in [4.78, 5) is 28.6. The van der Waals surface area contributed by atoms with Gasteiger partial charge in [-0.3, -0.25) is 5.32 Å². The number of thiazole rings is 1. The molecule has 4 rings (SSSR count). The minimum atomic E-state index is -0.489. The second-order valence-electron chi connectivity index (χ2n) is 10.1. The summed E-state index contributed by atoms with van der Waals surface area (Å²) in [5.74, 6) is 0.970. The summed E-state index contributed by atoms with van der Waals surface area (Å²) in [7, 11) is 6.19. The Balaban J connectivity index is 1.46. The largest absolute Gasteiger partial charge is 0.444 e. The van der Waals surface area contributed by atoms with Gasteiger partial charge in [0.1, 0.15) is 27.9 Å². The summed E-state index contributed by atoms with van der Waals surface area (Å²) in [5, 5.41) is 8.05. The van der Waals surface area contributed by atoms with Crippen molar-refractivity contribution in [2.75, 3.05) is 46.1 Å². The summed E-state index contributed by atoms with van der Waals surface area (Å²) < 4.78 is 5.55. The van der Waals surface area contributed by atoms with Crippen LogP contribution in [0.2, 0.25) is 0 Å². The fraction of sp³-hybridized carbons (Fsp3) is 0.542. The van der Waals surface area contributed by atoms with Crippen LogP contribution in [-0.4, -0.2) is 89.3 Å². The minimum Gasteiger partial charge on any atom is -0.444 e. The van der Waals surface area contributed by atoms with Crippen LogP contribution >= 0.6 is 11.3 Å². The lowest BCUT2D eigenvalue weighted by Crippen LogP contribution is -2.50. The molecule has 9 nitrogen and oxygen atoms in total. The number of nitrogens with zero attached hydrogens (tertiary/aromatic N) is 5. The number of amides is 1. The molecule has 1 amide bonds. The highest BCUT2D eigenvalue weighted by Gasteiger charge is 2.32. The fourth-order valence-electron chi connectivity index (χ4n) is 4.10. The number of hydrogen-bond acceptors (Lipinski definition) is 9. The lowest BCUT2D eigenvalue weighted by molar-refractivity contribution is 0.0289. The van der Waals surface area contributed by atoms with Gasteiger partial charge in [-0.05, 0) is 71.1 Å². The van der Waals surface area contributed by atoms with Gasteiger partial charge >= 0.3 is 6.09 Å². The zero-order chi connectivity index (χ0) is 24.5. The molecule has 0 radical (unpaired) electrons. The molecule has 2 aliphatic rings. The van der Waals surface area contributed by atoms with Crippen LogP contribution in [0.5, 0.6) is 0 Å². The second-order valence-corrected chi connectivity index (χ2v) is 11.1. The number of carbonyl (C=O) groups excluding carboxylic acids is 1. The summed E-state index contributed by atoms with van der Waals surface area (Å²) in [6.07, 6.45) is 6.83. The Labute approximate surface area is 205 Å². The van der Waals surface area contributed by atoms with Gasteiger partial charge in [-0.25, -0.2) is 14.8 Å². The molecule has 2 aromatic heterocycles. The third kappa shape index (κ3) is 6.05. The number of carbonyl (C=O) groups is 1. The van der Waals surface area contributed by atoms with E-state index in [1.165, 1.54) is 5.57 Å².